The van der Waals surface area contributed by atoms with Crippen molar-refractivity contribution in [2.45, 2.75) is 12.1 Å². The summed E-state index contributed by atoms with van der Waals surface area (Å²) in [7, 11) is 1.82. The van der Waals surface area contributed by atoms with Gasteiger partial charge in [0.25, 0.3) is 0 Å². The summed E-state index contributed by atoms with van der Waals surface area (Å²) in [5, 5.41) is 2.91. The molecular weight excluding hydrogens is 342 g/mol. The first-order chi connectivity index (χ1) is 13.0. The average Bonchev–Trinajstić information content (AvgIpc) is 3.23. The molecule has 1 N–H and O–H groups in total. The molecular formula is C21H19N3O3. The second kappa shape index (κ2) is 5.50. The van der Waals surface area contributed by atoms with Gasteiger partial charge in [-0.25, -0.2) is 0 Å². The first-order valence-corrected chi connectivity index (χ1v) is 9.06. The van der Waals surface area contributed by atoms with Crippen molar-refractivity contribution in [2.24, 2.45) is 11.8 Å². The molecule has 6 nitrogen and oxygen atoms in total. The highest BCUT2D eigenvalue weighted by atomic mass is 16.2. The van der Waals surface area contributed by atoms with Crippen LogP contribution in [0.3, 0.4) is 0 Å². The Labute approximate surface area is 156 Å². The van der Waals surface area contributed by atoms with Crippen molar-refractivity contribution in [1.82, 2.24) is 9.80 Å². The number of carbonyl (C=O) groups excluding carboxylic acids is 3. The molecule has 2 fully saturated rings. The Balaban J connectivity index is 1.59. The number of likely N-dealkylation sites (tertiary alicyclic amines) is 2. The van der Waals surface area contributed by atoms with Gasteiger partial charge < -0.3 is 5.32 Å². The Morgan fingerprint density at radius 3 is 2.48 bits per heavy atom. The standard InChI is InChI=1S/C21H19N3O3/c1-23-12-14-17(21(23)15-9-5-6-10-16(15)22-20(21)27)19(26)24(18(14)25)11-13-7-3-2-4-8-13/h2-10,14,17H,11-12H2,1H3,(H,22,27)/t14-,17+,21-/m1/s1. The minimum atomic E-state index is -1.11. The number of hydrogen-bond acceptors (Lipinski definition) is 4. The van der Waals surface area contributed by atoms with E-state index in [1.165, 1.54) is 4.90 Å². The molecule has 3 aliphatic rings. The van der Waals surface area contributed by atoms with Gasteiger partial charge in [0.1, 0.15) is 5.54 Å². The lowest BCUT2D eigenvalue weighted by molar-refractivity contribution is -0.145. The highest BCUT2D eigenvalue weighted by molar-refractivity contribution is 6.14. The summed E-state index contributed by atoms with van der Waals surface area (Å²) in [6.45, 7) is 0.636. The van der Waals surface area contributed by atoms with Gasteiger partial charge in [0.05, 0.1) is 18.4 Å². The van der Waals surface area contributed by atoms with E-state index in [1.54, 1.807) is 0 Å². The fourth-order valence-electron chi connectivity index (χ4n) is 5.00. The zero-order valence-electron chi connectivity index (χ0n) is 14.9. The zero-order valence-corrected chi connectivity index (χ0v) is 14.9. The second-order valence-electron chi connectivity index (χ2n) is 7.48. The van der Waals surface area contributed by atoms with E-state index >= 15 is 0 Å². The summed E-state index contributed by atoms with van der Waals surface area (Å²) in [5.41, 5.74) is 1.29. The van der Waals surface area contributed by atoms with E-state index < -0.39 is 17.4 Å². The molecule has 0 saturated carbocycles. The topological polar surface area (TPSA) is 69.7 Å². The normalized spacial score (nSPS) is 29.4. The van der Waals surface area contributed by atoms with E-state index in [-0.39, 0.29) is 24.3 Å². The molecule has 0 unspecified atom stereocenters. The van der Waals surface area contributed by atoms with Crippen LogP contribution in [0.1, 0.15) is 11.1 Å². The summed E-state index contributed by atoms with van der Waals surface area (Å²) < 4.78 is 0. The van der Waals surface area contributed by atoms with Crippen LogP contribution in [0.5, 0.6) is 0 Å². The van der Waals surface area contributed by atoms with Crippen LogP contribution in [0, 0.1) is 11.8 Å². The molecule has 1 spiro atoms. The van der Waals surface area contributed by atoms with Crippen LogP contribution in [0.2, 0.25) is 0 Å². The van der Waals surface area contributed by atoms with Gasteiger partial charge in [-0.1, -0.05) is 48.5 Å². The number of hydrogen-bond donors (Lipinski definition) is 1. The zero-order chi connectivity index (χ0) is 18.8. The summed E-state index contributed by atoms with van der Waals surface area (Å²) in [4.78, 5) is 42.7. The maximum atomic E-state index is 13.4. The third-order valence-corrected chi connectivity index (χ3v) is 6.16. The summed E-state index contributed by atoms with van der Waals surface area (Å²) in [6, 6.07) is 16.9. The summed E-state index contributed by atoms with van der Waals surface area (Å²) in [6.07, 6.45) is 0. The minimum absolute atomic E-state index is 0.185. The largest absolute Gasteiger partial charge is 0.324 e. The Kier molecular flexibility index (Phi) is 3.30. The van der Waals surface area contributed by atoms with Gasteiger partial charge in [-0.05, 0) is 18.7 Å². The number of rotatable bonds is 2. The summed E-state index contributed by atoms with van der Waals surface area (Å²) in [5.74, 6) is -1.85. The third kappa shape index (κ3) is 1.96. The number of imide groups is 1. The van der Waals surface area contributed by atoms with Crippen molar-refractivity contribution >= 4 is 23.4 Å². The van der Waals surface area contributed by atoms with Gasteiger partial charge in [0.2, 0.25) is 17.7 Å². The van der Waals surface area contributed by atoms with Crippen LogP contribution < -0.4 is 5.32 Å². The minimum Gasteiger partial charge on any atom is -0.324 e. The lowest BCUT2D eigenvalue weighted by atomic mass is 9.77. The molecule has 136 valence electrons. The number of amides is 3. The fourth-order valence-corrected chi connectivity index (χ4v) is 5.00. The molecule has 3 atom stereocenters. The van der Waals surface area contributed by atoms with Crippen molar-refractivity contribution in [3.63, 3.8) is 0 Å². The van der Waals surface area contributed by atoms with Crippen LogP contribution in [-0.2, 0) is 26.5 Å². The molecule has 6 heteroatoms. The maximum absolute atomic E-state index is 13.4. The molecule has 2 aromatic carbocycles. The first-order valence-electron chi connectivity index (χ1n) is 9.06. The lowest BCUT2D eigenvalue weighted by Gasteiger charge is -2.34. The van der Waals surface area contributed by atoms with E-state index in [1.807, 2.05) is 66.5 Å². The number of benzene rings is 2. The fraction of sp³-hybridized carbons (Fsp3) is 0.286. The van der Waals surface area contributed by atoms with Gasteiger partial charge in [-0.3, -0.25) is 24.2 Å². The smallest absolute Gasteiger partial charge is 0.250 e. The quantitative estimate of drug-likeness (QED) is 0.825. The van der Waals surface area contributed by atoms with Crippen LogP contribution >= 0.6 is 0 Å². The molecule has 0 bridgehead atoms. The van der Waals surface area contributed by atoms with E-state index in [0.717, 1.165) is 16.8 Å². The number of fused-ring (bicyclic) bond motifs is 4. The molecule has 27 heavy (non-hydrogen) atoms. The van der Waals surface area contributed by atoms with Crippen LogP contribution in [0.15, 0.2) is 54.6 Å². The van der Waals surface area contributed by atoms with E-state index in [2.05, 4.69) is 5.32 Å². The predicted molar refractivity (Wildman–Crippen MR) is 98.4 cm³/mol. The molecule has 0 radical (unpaired) electrons. The van der Waals surface area contributed by atoms with Gasteiger partial charge in [-0.15, -0.1) is 0 Å². The van der Waals surface area contributed by atoms with E-state index in [0.29, 0.717) is 6.54 Å². The molecule has 3 heterocycles. The average molecular weight is 361 g/mol. The molecule has 3 aliphatic heterocycles. The molecule has 0 aliphatic carbocycles. The number of nitrogens with one attached hydrogen (secondary N) is 1. The summed E-state index contributed by atoms with van der Waals surface area (Å²) >= 11 is 0. The van der Waals surface area contributed by atoms with Crippen molar-refractivity contribution in [2.75, 3.05) is 18.9 Å². The monoisotopic (exact) mass is 361 g/mol. The SMILES string of the molecule is CN1C[C@H]2C(=O)N(Cc3ccccc3)C(=O)[C@H]2[C@]12C(=O)Nc1ccccc12. The Bertz CT molecular complexity index is 974. The number of anilines is 1. The van der Waals surface area contributed by atoms with Crippen LogP contribution in [0.4, 0.5) is 5.69 Å². The molecule has 5 rings (SSSR count). The van der Waals surface area contributed by atoms with E-state index in [9.17, 15) is 14.4 Å². The number of para-hydroxylation sites is 1. The van der Waals surface area contributed by atoms with Gasteiger partial charge in [0, 0.05) is 17.8 Å². The predicted octanol–water partition coefficient (Wildman–Crippen LogP) is 1.58. The highest BCUT2D eigenvalue weighted by Gasteiger charge is 2.69. The third-order valence-electron chi connectivity index (χ3n) is 6.16. The first kappa shape index (κ1) is 16.2. The molecule has 2 saturated heterocycles. The Morgan fingerprint density at radius 2 is 1.70 bits per heavy atom. The van der Waals surface area contributed by atoms with Gasteiger partial charge >= 0.3 is 0 Å². The number of nitrogens with zero attached hydrogens (tertiary/aromatic N) is 2. The number of carbonyl (C=O) groups is 3. The van der Waals surface area contributed by atoms with Crippen molar-refractivity contribution < 1.29 is 14.4 Å². The molecule has 2 aromatic rings. The maximum Gasteiger partial charge on any atom is 0.250 e. The molecule has 0 aromatic heterocycles. The lowest BCUT2D eigenvalue weighted by Crippen LogP contribution is -2.52. The van der Waals surface area contributed by atoms with Gasteiger partial charge in [0.15, 0.2) is 0 Å². The van der Waals surface area contributed by atoms with Crippen molar-refractivity contribution in [1.29, 1.82) is 0 Å². The number of likely N-dealkylation sites (N-methyl/N-ethyl adjacent to an activating group) is 1. The van der Waals surface area contributed by atoms with Gasteiger partial charge in [-0.2, -0.15) is 0 Å². The van der Waals surface area contributed by atoms with Crippen LogP contribution in [-0.4, -0.2) is 41.1 Å². The van der Waals surface area contributed by atoms with E-state index in [4.69, 9.17) is 0 Å². The van der Waals surface area contributed by atoms with Crippen molar-refractivity contribution in [3.8, 4) is 0 Å². The van der Waals surface area contributed by atoms with Crippen molar-refractivity contribution in [3.05, 3.63) is 65.7 Å². The van der Waals surface area contributed by atoms with Crippen LogP contribution in [0.25, 0.3) is 0 Å². The Hall–Kier alpha value is -2.99. The highest BCUT2D eigenvalue weighted by Crippen LogP contribution is 2.55. The Morgan fingerprint density at radius 1 is 1.00 bits per heavy atom. The molecule has 3 amide bonds. The second-order valence-corrected chi connectivity index (χ2v) is 7.48.